The summed E-state index contributed by atoms with van der Waals surface area (Å²) >= 11 is 0. The lowest BCUT2D eigenvalue weighted by Gasteiger charge is -2.31. The summed E-state index contributed by atoms with van der Waals surface area (Å²) in [6.45, 7) is 2.28. The highest BCUT2D eigenvalue weighted by Crippen LogP contribution is 2.36. The number of urea groups is 1. The number of amides is 2. The van der Waals surface area contributed by atoms with Crippen molar-refractivity contribution >= 4 is 17.4 Å². The van der Waals surface area contributed by atoms with Crippen LogP contribution in [-0.2, 0) is 28.7 Å². The second-order valence-corrected chi connectivity index (χ2v) is 7.62. The molecule has 11 heteroatoms. The van der Waals surface area contributed by atoms with Crippen molar-refractivity contribution in [2.45, 2.75) is 19.2 Å². The number of benzene rings is 2. The number of nitrogens with one attached hydrogen (secondary N) is 2. The Morgan fingerprint density at radius 1 is 1.09 bits per heavy atom. The van der Waals surface area contributed by atoms with Crippen LogP contribution in [0.25, 0.3) is 0 Å². The Bertz CT molecular complexity index is 1010. The van der Waals surface area contributed by atoms with E-state index >= 15 is 0 Å². The number of anilines is 2. The average Bonchev–Trinajstić information content (AvgIpc) is 2.79. The van der Waals surface area contributed by atoms with Gasteiger partial charge in [0.1, 0.15) is 11.6 Å². The highest BCUT2D eigenvalue weighted by Gasteiger charge is 2.32. The quantitative estimate of drug-likeness (QED) is 0.650. The largest absolute Gasteiger partial charge is 0.467 e. The zero-order valence-electron chi connectivity index (χ0n) is 17.6. The van der Waals surface area contributed by atoms with Crippen LogP contribution < -0.4 is 20.3 Å². The molecule has 4 rings (SSSR count). The Morgan fingerprint density at radius 2 is 1.88 bits per heavy atom. The smallest absolute Gasteiger partial charge is 0.416 e. The lowest BCUT2D eigenvalue weighted by molar-refractivity contribution is -0.137. The van der Waals surface area contributed by atoms with Crippen molar-refractivity contribution in [1.29, 1.82) is 0 Å². The molecule has 2 heterocycles. The van der Waals surface area contributed by atoms with E-state index in [1.54, 1.807) is 0 Å². The van der Waals surface area contributed by atoms with Gasteiger partial charge in [0, 0.05) is 25.2 Å². The molecule has 2 amide bonds. The highest BCUT2D eigenvalue weighted by molar-refractivity contribution is 5.93. The van der Waals surface area contributed by atoms with E-state index in [1.807, 2.05) is 4.90 Å². The average molecular weight is 469 g/mol. The van der Waals surface area contributed by atoms with Gasteiger partial charge in [-0.3, -0.25) is 0 Å². The van der Waals surface area contributed by atoms with E-state index in [0.717, 1.165) is 12.1 Å². The maximum atomic E-state index is 13.9. The van der Waals surface area contributed by atoms with E-state index in [-0.39, 0.29) is 32.1 Å². The summed E-state index contributed by atoms with van der Waals surface area (Å²) in [7, 11) is 0. The Balaban J connectivity index is 1.44. The molecule has 178 valence electrons. The standard InChI is InChI=1S/C22H23F4N3O4/c23-17-9-14(20-15(10-17)12-32-13-33-20)3-4-27-21(30)28-18-11-16(22(24,25)26)1-2-19(18)29-5-7-31-8-6-29/h1-2,9-11H,3-8,12-13H2,(H2,27,28,30). The Hall–Kier alpha value is -3.05. The normalized spacial score (nSPS) is 16.1. The number of alkyl halides is 3. The molecular weight excluding hydrogens is 446 g/mol. The molecule has 0 saturated carbocycles. The van der Waals surface area contributed by atoms with Crippen molar-refractivity contribution in [2.75, 3.05) is 49.9 Å². The van der Waals surface area contributed by atoms with Crippen molar-refractivity contribution in [3.63, 3.8) is 0 Å². The van der Waals surface area contributed by atoms with Crippen LogP contribution in [0, 0.1) is 5.82 Å². The first-order valence-corrected chi connectivity index (χ1v) is 10.4. The van der Waals surface area contributed by atoms with Crippen molar-refractivity contribution in [1.82, 2.24) is 5.32 Å². The zero-order chi connectivity index (χ0) is 23.4. The lowest BCUT2D eigenvalue weighted by Crippen LogP contribution is -2.37. The number of hydrogen-bond donors (Lipinski definition) is 2. The molecule has 2 aliphatic heterocycles. The van der Waals surface area contributed by atoms with Gasteiger partial charge in [0.05, 0.1) is 36.8 Å². The number of rotatable bonds is 5. The number of fused-ring (bicyclic) bond motifs is 1. The third kappa shape index (κ3) is 5.66. The minimum absolute atomic E-state index is 0.0489. The summed E-state index contributed by atoms with van der Waals surface area (Å²) in [6, 6.07) is 5.25. The fourth-order valence-corrected chi connectivity index (χ4v) is 3.81. The Morgan fingerprint density at radius 3 is 2.64 bits per heavy atom. The number of carbonyl (C=O) groups is 1. The molecule has 2 N–H and O–H groups in total. The molecule has 7 nitrogen and oxygen atoms in total. The van der Waals surface area contributed by atoms with Crippen molar-refractivity contribution in [3.05, 3.63) is 52.8 Å². The van der Waals surface area contributed by atoms with E-state index in [4.69, 9.17) is 14.2 Å². The second kappa shape index (κ2) is 9.84. The summed E-state index contributed by atoms with van der Waals surface area (Å²) in [5.41, 5.74) is 0.823. The van der Waals surface area contributed by atoms with E-state index in [9.17, 15) is 22.4 Å². The first-order valence-electron chi connectivity index (χ1n) is 10.4. The molecule has 2 aromatic carbocycles. The number of ether oxygens (including phenoxy) is 3. The summed E-state index contributed by atoms with van der Waals surface area (Å²) in [6.07, 6.45) is -4.27. The van der Waals surface area contributed by atoms with Gasteiger partial charge in [-0.2, -0.15) is 13.2 Å². The van der Waals surface area contributed by atoms with Gasteiger partial charge in [0.15, 0.2) is 6.79 Å². The Kier molecular flexibility index (Phi) is 6.89. The predicted octanol–water partition coefficient (Wildman–Crippen LogP) is 3.91. The Labute approximate surface area is 187 Å². The first-order chi connectivity index (χ1) is 15.8. The molecule has 33 heavy (non-hydrogen) atoms. The fraction of sp³-hybridized carbons (Fsp3) is 0.409. The van der Waals surface area contributed by atoms with Gasteiger partial charge < -0.3 is 29.7 Å². The van der Waals surface area contributed by atoms with Crippen molar-refractivity contribution < 1.29 is 36.6 Å². The number of hydrogen-bond acceptors (Lipinski definition) is 5. The maximum Gasteiger partial charge on any atom is 0.416 e. The molecule has 1 fully saturated rings. The summed E-state index contributed by atoms with van der Waals surface area (Å²) in [5, 5.41) is 5.13. The molecule has 0 aliphatic carbocycles. The minimum Gasteiger partial charge on any atom is -0.467 e. The lowest BCUT2D eigenvalue weighted by atomic mass is 10.1. The number of morpholine rings is 1. The third-order valence-corrected chi connectivity index (χ3v) is 5.36. The van der Waals surface area contributed by atoms with Crippen LogP contribution in [0.1, 0.15) is 16.7 Å². The summed E-state index contributed by atoms with van der Waals surface area (Å²) in [4.78, 5) is 14.3. The molecule has 2 aromatic rings. The van der Waals surface area contributed by atoms with Crippen LogP contribution in [0.5, 0.6) is 5.75 Å². The fourth-order valence-electron chi connectivity index (χ4n) is 3.81. The van der Waals surface area contributed by atoms with Crippen LogP contribution in [0.15, 0.2) is 30.3 Å². The molecule has 0 radical (unpaired) electrons. The molecule has 0 bridgehead atoms. The number of carbonyl (C=O) groups excluding carboxylic acids is 1. The van der Waals surface area contributed by atoms with Crippen LogP contribution in [0.2, 0.25) is 0 Å². The van der Waals surface area contributed by atoms with Crippen LogP contribution in [0.3, 0.4) is 0 Å². The third-order valence-electron chi connectivity index (χ3n) is 5.36. The van der Waals surface area contributed by atoms with E-state index < -0.39 is 23.6 Å². The predicted molar refractivity (Wildman–Crippen MR) is 112 cm³/mol. The van der Waals surface area contributed by atoms with E-state index in [1.165, 1.54) is 18.2 Å². The van der Waals surface area contributed by atoms with Gasteiger partial charge in [0.25, 0.3) is 0 Å². The summed E-state index contributed by atoms with van der Waals surface area (Å²) in [5.74, 6) is 0.0822. The van der Waals surface area contributed by atoms with Crippen LogP contribution in [-0.4, -0.2) is 45.7 Å². The van der Waals surface area contributed by atoms with Gasteiger partial charge in [0.2, 0.25) is 0 Å². The zero-order valence-corrected chi connectivity index (χ0v) is 17.6. The molecule has 0 atom stereocenters. The second-order valence-electron chi connectivity index (χ2n) is 7.62. The van der Waals surface area contributed by atoms with Crippen molar-refractivity contribution in [3.8, 4) is 5.75 Å². The van der Waals surface area contributed by atoms with Crippen LogP contribution in [0.4, 0.5) is 33.7 Å². The van der Waals surface area contributed by atoms with Gasteiger partial charge in [-0.25, -0.2) is 9.18 Å². The highest BCUT2D eigenvalue weighted by atomic mass is 19.4. The SMILES string of the molecule is O=C(NCCc1cc(F)cc2c1OCOC2)Nc1cc(C(F)(F)F)ccc1N1CCOCC1. The first kappa shape index (κ1) is 23.1. The molecule has 0 unspecified atom stereocenters. The van der Waals surface area contributed by atoms with Gasteiger partial charge in [-0.1, -0.05) is 0 Å². The van der Waals surface area contributed by atoms with E-state index in [2.05, 4.69) is 10.6 Å². The summed E-state index contributed by atoms with van der Waals surface area (Å²) < 4.78 is 69.4. The van der Waals surface area contributed by atoms with E-state index in [0.29, 0.717) is 48.9 Å². The molecule has 1 saturated heterocycles. The maximum absolute atomic E-state index is 13.9. The molecule has 2 aliphatic rings. The topological polar surface area (TPSA) is 72.1 Å². The molecule has 0 spiro atoms. The van der Waals surface area contributed by atoms with Crippen molar-refractivity contribution in [2.24, 2.45) is 0 Å². The molecular formula is C22H23F4N3O4. The van der Waals surface area contributed by atoms with Gasteiger partial charge in [-0.15, -0.1) is 0 Å². The molecule has 0 aromatic heterocycles. The number of nitrogens with zero attached hydrogens (tertiary/aromatic N) is 1. The van der Waals surface area contributed by atoms with Gasteiger partial charge >= 0.3 is 12.2 Å². The minimum atomic E-state index is -4.55. The number of halogens is 4. The monoisotopic (exact) mass is 469 g/mol. The van der Waals surface area contributed by atoms with Gasteiger partial charge in [-0.05, 0) is 42.3 Å². The van der Waals surface area contributed by atoms with Crippen LogP contribution >= 0.6 is 0 Å².